The number of aromatic nitrogens is 3. The molecule has 0 unspecified atom stereocenters. The van der Waals surface area contributed by atoms with Crippen LogP contribution in [0.4, 0.5) is 14.5 Å². The Morgan fingerprint density at radius 2 is 1.77 bits per heavy atom. The maximum atomic E-state index is 14.5. The van der Waals surface area contributed by atoms with Crippen molar-refractivity contribution in [3.8, 4) is 11.1 Å². The van der Waals surface area contributed by atoms with E-state index in [1.54, 1.807) is 13.0 Å². The minimum absolute atomic E-state index is 0.0116. The molecule has 1 amide bonds. The van der Waals surface area contributed by atoms with Crippen LogP contribution in [0, 0.1) is 23.7 Å². The fourth-order valence-corrected chi connectivity index (χ4v) is 8.14. The van der Waals surface area contributed by atoms with Crippen LogP contribution in [0.2, 0.25) is 0 Å². The van der Waals surface area contributed by atoms with E-state index in [2.05, 4.69) is 10.1 Å². The third-order valence-electron chi connectivity index (χ3n) is 10.9. The van der Waals surface area contributed by atoms with Crippen molar-refractivity contribution in [1.29, 1.82) is 0 Å². The molecule has 0 radical (unpaired) electrons. The average molecular weight is 545 g/mol. The minimum atomic E-state index is -1.14. The molecule has 40 heavy (non-hydrogen) atoms. The quantitative estimate of drug-likeness (QED) is 0.300. The first kappa shape index (κ1) is 24.6. The molecule has 1 aromatic carbocycles. The summed E-state index contributed by atoms with van der Waals surface area (Å²) in [7, 11) is 0. The van der Waals surface area contributed by atoms with Crippen LogP contribution in [-0.4, -0.2) is 33.2 Å². The van der Waals surface area contributed by atoms with Gasteiger partial charge in [0.15, 0.2) is 5.82 Å². The summed E-state index contributed by atoms with van der Waals surface area (Å²) in [6.45, 7) is 2.33. The molecule has 10 rings (SSSR count). The molecule has 0 aliphatic heterocycles. The van der Waals surface area contributed by atoms with Gasteiger partial charge in [-0.05, 0) is 107 Å². The van der Waals surface area contributed by atoms with Crippen molar-refractivity contribution in [2.24, 2.45) is 10.8 Å². The largest absolute Gasteiger partial charge is 0.339 e. The van der Waals surface area contributed by atoms with Crippen LogP contribution in [0.5, 0.6) is 0 Å². The number of anilines is 1. The highest BCUT2D eigenvalue weighted by atomic mass is 19.1. The van der Waals surface area contributed by atoms with Crippen LogP contribution in [0.3, 0.4) is 0 Å². The Balaban J connectivity index is 1.08. The van der Waals surface area contributed by atoms with Gasteiger partial charge in [-0.25, -0.2) is 9.37 Å². The number of nitrogens with zero attached hydrogens (tertiary/aromatic N) is 4. The number of benzene rings is 1. The highest BCUT2D eigenvalue weighted by Crippen LogP contribution is 2.70. The van der Waals surface area contributed by atoms with E-state index in [9.17, 15) is 13.6 Å². The molecule has 2 aromatic heterocycles. The van der Waals surface area contributed by atoms with Gasteiger partial charge in [0.1, 0.15) is 5.67 Å². The molecule has 3 aromatic rings. The fourth-order valence-electron chi connectivity index (χ4n) is 8.14. The molecule has 7 saturated carbocycles. The zero-order valence-corrected chi connectivity index (χ0v) is 22.9. The van der Waals surface area contributed by atoms with Crippen LogP contribution >= 0.6 is 0 Å². The first-order chi connectivity index (χ1) is 19.2. The van der Waals surface area contributed by atoms with Crippen LogP contribution in [0.25, 0.3) is 11.1 Å². The normalized spacial score (nSPS) is 33.8. The van der Waals surface area contributed by atoms with E-state index < -0.39 is 17.0 Å². The summed E-state index contributed by atoms with van der Waals surface area (Å²) in [5.41, 5.74) is 1.26. The van der Waals surface area contributed by atoms with Crippen LogP contribution in [0.1, 0.15) is 93.8 Å². The maximum absolute atomic E-state index is 14.5. The van der Waals surface area contributed by atoms with Gasteiger partial charge in [0.05, 0.1) is 5.41 Å². The summed E-state index contributed by atoms with van der Waals surface area (Å²) in [6, 6.07) is 9.68. The third kappa shape index (κ3) is 3.70. The number of rotatable bonds is 7. The number of aryl methyl sites for hydroxylation is 1. The van der Waals surface area contributed by atoms with Crippen molar-refractivity contribution < 1.29 is 18.1 Å². The molecule has 6 nitrogen and oxygen atoms in total. The van der Waals surface area contributed by atoms with Crippen LogP contribution < -0.4 is 4.90 Å². The van der Waals surface area contributed by atoms with E-state index >= 15 is 0 Å². The van der Waals surface area contributed by atoms with Crippen molar-refractivity contribution in [3.05, 3.63) is 59.8 Å². The maximum Gasteiger partial charge on any atom is 0.233 e. The lowest BCUT2D eigenvalue weighted by molar-refractivity contribution is -0.211. The number of alkyl halides is 1. The Labute approximate surface area is 232 Å². The molecule has 7 fully saturated rings. The van der Waals surface area contributed by atoms with Gasteiger partial charge in [-0.3, -0.25) is 4.79 Å². The molecule has 0 spiro atoms. The van der Waals surface area contributed by atoms with Gasteiger partial charge in [-0.1, -0.05) is 17.3 Å². The van der Waals surface area contributed by atoms with Crippen molar-refractivity contribution in [3.63, 3.8) is 0 Å². The molecular formula is C32H34F2N4O2. The summed E-state index contributed by atoms with van der Waals surface area (Å²) < 4.78 is 34.2. The molecule has 0 saturated heterocycles. The molecule has 4 bridgehead atoms. The van der Waals surface area contributed by atoms with Crippen molar-refractivity contribution in [2.45, 2.75) is 94.6 Å². The summed E-state index contributed by atoms with van der Waals surface area (Å²) >= 11 is 0. The van der Waals surface area contributed by atoms with E-state index in [1.165, 1.54) is 6.20 Å². The summed E-state index contributed by atoms with van der Waals surface area (Å²) in [5, 5.41) is 4.29. The smallest absolute Gasteiger partial charge is 0.233 e. The van der Waals surface area contributed by atoms with Gasteiger partial charge >= 0.3 is 0 Å². The molecule has 2 heterocycles. The van der Waals surface area contributed by atoms with Gasteiger partial charge in [-0.15, -0.1) is 0 Å². The lowest BCUT2D eigenvalue weighted by Gasteiger charge is -2.65. The number of carbonyl (C=O) groups excluding carboxylic acids is 1. The zero-order chi connectivity index (χ0) is 27.3. The van der Waals surface area contributed by atoms with Gasteiger partial charge in [0.2, 0.25) is 17.7 Å². The SMILES string of the molecule is Cc1cc(-c2cccc(N(CC34CCC(c5nc(C6CC6)no5)(CC3)CC4)C(=O)C34CC(F)(C3)C4)c2)cnc1F. The predicted molar refractivity (Wildman–Crippen MR) is 145 cm³/mol. The second-order valence-electron chi connectivity index (χ2n) is 13.7. The van der Waals surface area contributed by atoms with Crippen molar-refractivity contribution in [2.75, 3.05) is 11.4 Å². The molecule has 7 aliphatic carbocycles. The second kappa shape index (κ2) is 8.20. The third-order valence-corrected chi connectivity index (χ3v) is 10.9. The average Bonchev–Trinajstić information content (AvgIpc) is 3.67. The molecule has 208 valence electrons. The van der Waals surface area contributed by atoms with E-state index in [-0.39, 0.29) is 16.7 Å². The number of pyridine rings is 1. The van der Waals surface area contributed by atoms with E-state index in [0.29, 0.717) is 37.3 Å². The van der Waals surface area contributed by atoms with Crippen LogP contribution in [-0.2, 0) is 10.2 Å². The highest BCUT2D eigenvalue weighted by molar-refractivity contribution is 6.00. The molecule has 7 aliphatic rings. The Morgan fingerprint density at radius 3 is 2.42 bits per heavy atom. The van der Waals surface area contributed by atoms with Crippen LogP contribution in [0.15, 0.2) is 41.1 Å². The summed E-state index contributed by atoms with van der Waals surface area (Å²) in [5.74, 6) is 1.74. The molecule has 0 atom stereocenters. The Kier molecular flexibility index (Phi) is 5.05. The van der Waals surface area contributed by atoms with Gasteiger partial charge in [0.25, 0.3) is 0 Å². The topological polar surface area (TPSA) is 72.1 Å². The molecular weight excluding hydrogens is 510 g/mol. The number of amides is 1. The number of halogens is 2. The second-order valence-corrected chi connectivity index (χ2v) is 13.7. The lowest BCUT2D eigenvalue weighted by Crippen LogP contribution is -2.71. The monoisotopic (exact) mass is 544 g/mol. The Hall–Kier alpha value is -3.16. The molecule has 8 heteroatoms. The number of hydrogen-bond donors (Lipinski definition) is 0. The number of hydrogen-bond acceptors (Lipinski definition) is 5. The highest BCUT2D eigenvalue weighted by Gasteiger charge is 2.73. The number of carbonyl (C=O) groups is 1. The lowest BCUT2D eigenvalue weighted by atomic mass is 9.41. The molecule has 0 N–H and O–H groups in total. The summed E-state index contributed by atoms with van der Waals surface area (Å²) in [6.07, 6.45) is 10.8. The number of fused-ring (bicyclic) bond motifs is 3. The Morgan fingerprint density at radius 1 is 1.05 bits per heavy atom. The minimum Gasteiger partial charge on any atom is -0.339 e. The zero-order valence-electron chi connectivity index (χ0n) is 22.9. The van der Waals surface area contributed by atoms with E-state index in [0.717, 1.165) is 79.9 Å². The predicted octanol–water partition coefficient (Wildman–Crippen LogP) is 6.97. The fraction of sp³-hybridized carbons (Fsp3) is 0.562. The van der Waals surface area contributed by atoms with Crippen molar-refractivity contribution in [1.82, 2.24) is 15.1 Å². The first-order valence-corrected chi connectivity index (χ1v) is 14.8. The van der Waals surface area contributed by atoms with E-state index in [1.807, 2.05) is 29.2 Å². The van der Waals surface area contributed by atoms with Gasteiger partial charge in [0, 0.05) is 40.9 Å². The van der Waals surface area contributed by atoms with Gasteiger partial charge in [-0.2, -0.15) is 9.37 Å². The standard InChI is InChI=1S/C32H34F2N4O2/c1-20-13-23(15-35-25(20)33)22-3-2-4-24(14-22)38(28(39)31-16-32(34,17-31)18-31)19-29-7-10-30(11-8-29,12-9-29)27-36-26(37-40-27)21-5-6-21/h2-4,13-15,21H,5-12,16-19H2,1H3. The summed E-state index contributed by atoms with van der Waals surface area (Å²) in [4.78, 5) is 24.8. The van der Waals surface area contributed by atoms with Gasteiger partial charge < -0.3 is 9.42 Å². The Bertz CT molecular complexity index is 1480. The van der Waals surface area contributed by atoms with Crippen molar-refractivity contribution >= 4 is 11.6 Å². The van der Waals surface area contributed by atoms with E-state index in [4.69, 9.17) is 9.51 Å². The first-order valence-electron chi connectivity index (χ1n) is 14.8.